The maximum absolute atomic E-state index is 15.1. The number of phenols is 1. The van der Waals surface area contributed by atoms with Gasteiger partial charge in [0.05, 0.1) is 24.3 Å². The van der Waals surface area contributed by atoms with Gasteiger partial charge in [0.25, 0.3) is 5.91 Å². The molecule has 0 aliphatic carbocycles. The normalized spacial score (nSPS) is 21.8. The minimum atomic E-state index is -0.892. The fourth-order valence-corrected chi connectivity index (χ4v) is 8.68. The Morgan fingerprint density at radius 2 is 1.92 bits per heavy atom. The minimum absolute atomic E-state index is 0.0190. The summed E-state index contributed by atoms with van der Waals surface area (Å²) < 4.78 is 37.9. The summed E-state index contributed by atoms with van der Waals surface area (Å²) in [6.07, 6.45) is 3.12. The first-order valence-corrected chi connectivity index (χ1v) is 17.9. The van der Waals surface area contributed by atoms with E-state index in [1.807, 2.05) is 6.92 Å². The molecule has 2 fully saturated rings. The van der Waals surface area contributed by atoms with Gasteiger partial charge in [0, 0.05) is 69.4 Å². The lowest BCUT2D eigenvalue weighted by Crippen LogP contribution is -2.43. The predicted molar refractivity (Wildman–Crippen MR) is 188 cm³/mol. The number of hydrogen-bond donors (Lipinski definition) is 2. The summed E-state index contributed by atoms with van der Waals surface area (Å²) in [4.78, 5) is 30.6. The van der Waals surface area contributed by atoms with Crippen molar-refractivity contribution in [3.8, 4) is 17.5 Å². The molecule has 14 heteroatoms. The highest BCUT2D eigenvalue weighted by atomic mass is 19.1. The second kappa shape index (κ2) is 12.8. The number of fused-ring (bicyclic) bond motifs is 4. The van der Waals surface area contributed by atoms with E-state index in [1.54, 1.807) is 37.0 Å². The Kier molecular flexibility index (Phi) is 8.39. The van der Waals surface area contributed by atoms with Crippen LogP contribution in [-0.2, 0) is 32.5 Å². The number of carbonyl (C=O) groups is 1. The van der Waals surface area contributed by atoms with Gasteiger partial charge in [-0.05, 0) is 61.7 Å². The van der Waals surface area contributed by atoms with E-state index in [-0.39, 0.29) is 53.6 Å². The molecule has 4 aliphatic rings. The maximum atomic E-state index is 15.1. The van der Waals surface area contributed by atoms with Gasteiger partial charge < -0.3 is 29.6 Å². The van der Waals surface area contributed by atoms with Crippen LogP contribution in [0, 0.1) is 5.82 Å². The van der Waals surface area contributed by atoms with Crippen LogP contribution >= 0.6 is 0 Å². The average molecular weight is 703 g/mol. The lowest BCUT2D eigenvalue weighted by Gasteiger charge is -2.35. The summed E-state index contributed by atoms with van der Waals surface area (Å²) in [5.41, 5.74) is 3.17. The van der Waals surface area contributed by atoms with E-state index in [1.165, 1.54) is 11.0 Å². The monoisotopic (exact) mass is 702 g/mol. The molecule has 2 N–H and O–H groups in total. The summed E-state index contributed by atoms with van der Waals surface area (Å²) in [7, 11) is 3.25. The molecule has 12 nitrogen and oxygen atoms in total. The van der Waals surface area contributed by atoms with Gasteiger partial charge in [0.15, 0.2) is 11.4 Å². The molecule has 2 aromatic carbocycles. The van der Waals surface area contributed by atoms with Gasteiger partial charge in [-0.2, -0.15) is 15.1 Å². The van der Waals surface area contributed by atoms with Gasteiger partial charge in [-0.25, -0.2) is 8.78 Å². The van der Waals surface area contributed by atoms with Crippen molar-refractivity contribution in [3.05, 3.63) is 58.3 Å². The lowest BCUT2D eigenvalue weighted by atomic mass is 9.95. The Labute approximate surface area is 295 Å². The first kappa shape index (κ1) is 33.4. The molecule has 1 amide bonds. The molecule has 0 bridgehead atoms. The van der Waals surface area contributed by atoms with Gasteiger partial charge >= 0.3 is 6.01 Å². The molecular formula is C37H44F2N8O4. The number of nitrogens with zero attached hydrogens (tertiary/aromatic N) is 8. The number of aryl methyl sites for hydroxylation is 2. The van der Waals surface area contributed by atoms with E-state index in [9.17, 15) is 19.4 Å². The van der Waals surface area contributed by atoms with Crippen molar-refractivity contribution in [2.45, 2.75) is 76.8 Å². The highest BCUT2D eigenvalue weighted by Crippen LogP contribution is 2.42. The standard InChI is InChI=1S/C37H44F2N8O4/c1-4-25-27(39)8-7-22-15-24(48)16-29(31(22)25)44-14-9-26-28(19-44)40-36(51-21-37-10-5-12-46(37)18-23(38)17-37)41-34(26)45-11-6-13-47-30(20-45)33(49)32(42-47)35(50)43(2)3/h7-8,15-16,23,48-49H,4-6,9-14,17-21H2,1-3H3/t23-,37+/m1/s1. The molecule has 51 heavy (non-hydrogen) atoms. The number of amides is 1. The molecule has 2 atom stereocenters. The largest absolute Gasteiger partial charge is 0.508 e. The number of rotatable bonds is 7. The van der Waals surface area contributed by atoms with Crippen LogP contribution in [0.2, 0.25) is 0 Å². The third-order valence-electron chi connectivity index (χ3n) is 11.2. The predicted octanol–water partition coefficient (Wildman–Crippen LogP) is 4.57. The Balaban J connectivity index is 1.18. The second-order valence-electron chi connectivity index (χ2n) is 14.6. The Morgan fingerprint density at radius 3 is 2.73 bits per heavy atom. The van der Waals surface area contributed by atoms with Crippen molar-refractivity contribution >= 4 is 28.2 Å². The van der Waals surface area contributed by atoms with Crippen molar-refractivity contribution in [1.82, 2.24) is 29.5 Å². The molecule has 0 saturated carbocycles. The zero-order valence-electron chi connectivity index (χ0n) is 29.3. The zero-order chi connectivity index (χ0) is 35.6. The van der Waals surface area contributed by atoms with Crippen molar-refractivity contribution in [1.29, 1.82) is 0 Å². The molecular weight excluding hydrogens is 658 g/mol. The number of halogens is 2. The van der Waals surface area contributed by atoms with Gasteiger partial charge in [0.2, 0.25) is 0 Å². The van der Waals surface area contributed by atoms with Crippen LogP contribution in [0.15, 0.2) is 24.3 Å². The topological polar surface area (TPSA) is 123 Å². The summed E-state index contributed by atoms with van der Waals surface area (Å²) in [5.74, 6) is -0.00983. The summed E-state index contributed by atoms with van der Waals surface area (Å²) >= 11 is 0. The molecule has 2 saturated heterocycles. The second-order valence-corrected chi connectivity index (χ2v) is 14.6. The Hall–Kier alpha value is -4.72. The number of anilines is 2. The molecule has 0 spiro atoms. The lowest BCUT2D eigenvalue weighted by molar-refractivity contribution is 0.0818. The van der Waals surface area contributed by atoms with E-state index in [4.69, 9.17) is 14.7 Å². The van der Waals surface area contributed by atoms with Crippen molar-refractivity contribution in [2.24, 2.45) is 0 Å². The van der Waals surface area contributed by atoms with Crippen LogP contribution in [0.5, 0.6) is 17.5 Å². The van der Waals surface area contributed by atoms with Crippen LogP contribution < -0.4 is 14.5 Å². The van der Waals surface area contributed by atoms with Gasteiger partial charge in [-0.15, -0.1) is 0 Å². The fourth-order valence-electron chi connectivity index (χ4n) is 8.68. The number of aromatic hydroxyl groups is 2. The molecule has 8 rings (SSSR count). The van der Waals surface area contributed by atoms with E-state index >= 15 is 4.39 Å². The number of alkyl halides is 1. The summed E-state index contributed by atoms with van der Waals surface area (Å²) in [6.45, 7) is 5.79. The van der Waals surface area contributed by atoms with E-state index in [2.05, 4.69) is 19.8 Å². The highest BCUT2D eigenvalue weighted by Gasteiger charge is 2.49. The molecule has 2 aromatic heterocycles. The van der Waals surface area contributed by atoms with Crippen molar-refractivity contribution in [2.75, 3.05) is 56.7 Å². The number of aromatic nitrogens is 4. The first-order valence-electron chi connectivity index (χ1n) is 17.9. The number of benzene rings is 2. The molecule has 6 heterocycles. The summed E-state index contributed by atoms with van der Waals surface area (Å²) in [5, 5.41) is 28.0. The Morgan fingerprint density at radius 1 is 1.08 bits per heavy atom. The third kappa shape index (κ3) is 5.77. The minimum Gasteiger partial charge on any atom is -0.508 e. The van der Waals surface area contributed by atoms with E-state index < -0.39 is 6.17 Å². The Bertz CT molecular complexity index is 2020. The van der Waals surface area contributed by atoms with Crippen LogP contribution in [0.1, 0.15) is 65.6 Å². The van der Waals surface area contributed by atoms with Crippen LogP contribution in [-0.4, -0.2) is 104 Å². The summed E-state index contributed by atoms with van der Waals surface area (Å²) in [6, 6.07) is 6.70. The zero-order valence-corrected chi connectivity index (χ0v) is 29.3. The average Bonchev–Trinajstić information content (AvgIpc) is 3.68. The first-order chi connectivity index (χ1) is 24.5. The van der Waals surface area contributed by atoms with Gasteiger partial charge in [-0.3, -0.25) is 14.4 Å². The van der Waals surface area contributed by atoms with Crippen LogP contribution in [0.3, 0.4) is 0 Å². The third-order valence-corrected chi connectivity index (χ3v) is 11.2. The number of phenolic OH excluding ortho intramolecular Hbond substituents is 1. The van der Waals surface area contributed by atoms with E-state index in [0.29, 0.717) is 75.5 Å². The van der Waals surface area contributed by atoms with Gasteiger partial charge in [0.1, 0.15) is 35.9 Å². The van der Waals surface area contributed by atoms with Crippen molar-refractivity contribution in [3.63, 3.8) is 0 Å². The smallest absolute Gasteiger partial charge is 0.318 e. The molecule has 4 aromatic rings. The fraction of sp³-hybridized carbons (Fsp3) is 0.514. The number of ether oxygens (including phenoxy) is 1. The molecule has 4 aliphatic heterocycles. The maximum Gasteiger partial charge on any atom is 0.318 e. The molecule has 0 unspecified atom stereocenters. The number of hydrogen-bond acceptors (Lipinski definition) is 10. The molecule has 0 radical (unpaired) electrons. The van der Waals surface area contributed by atoms with Crippen LogP contribution in [0.4, 0.5) is 20.3 Å². The van der Waals surface area contributed by atoms with Gasteiger partial charge in [-0.1, -0.05) is 13.0 Å². The molecule has 270 valence electrons. The van der Waals surface area contributed by atoms with E-state index in [0.717, 1.165) is 47.1 Å². The number of carbonyl (C=O) groups excluding carboxylic acids is 1. The quantitative estimate of drug-likeness (QED) is 0.283. The van der Waals surface area contributed by atoms with Crippen molar-refractivity contribution < 1.29 is 28.5 Å². The SMILES string of the molecule is CCc1c(F)ccc2cc(O)cc(N3CCc4c(nc(OC[C@@]56CCCN5C[C@H](F)C6)nc4N4CCCn5nc(C(=O)N(C)C)c(O)c5C4)C3)c12. The van der Waals surface area contributed by atoms with Crippen LogP contribution in [0.25, 0.3) is 10.8 Å². The highest BCUT2D eigenvalue weighted by molar-refractivity contribution is 5.98.